The summed E-state index contributed by atoms with van der Waals surface area (Å²) >= 11 is 0. The molecule has 0 spiro atoms. The number of hydrogen-bond acceptors (Lipinski definition) is 4. The van der Waals surface area contributed by atoms with Crippen molar-refractivity contribution in [3.63, 3.8) is 0 Å². The second-order valence-electron chi connectivity index (χ2n) is 6.26. The fourth-order valence-electron chi connectivity index (χ4n) is 2.37. The topological polar surface area (TPSA) is 52.6 Å². The maximum atomic E-state index is 12.4. The van der Waals surface area contributed by atoms with Crippen molar-refractivity contribution in [2.75, 3.05) is 13.2 Å². The summed E-state index contributed by atoms with van der Waals surface area (Å²) in [6.07, 6.45) is 11.4. The minimum Gasteiger partial charge on any atom is -0.465 e. The molecule has 0 aromatic heterocycles. The number of esters is 2. The van der Waals surface area contributed by atoms with Gasteiger partial charge in [-0.2, -0.15) is 0 Å². The van der Waals surface area contributed by atoms with Gasteiger partial charge in [0.05, 0.1) is 25.0 Å². The molecule has 4 nitrogen and oxygen atoms in total. The van der Waals surface area contributed by atoms with E-state index in [4.69, 9.17) is 9.47 Å². The molecule has 2 atom stereocenters. The molecule has 2 unspecified atom stereocenters. The highest BCUT2D eigenvalue weighted by atomic mass is 16.5. The first-order valence-corrected chi connectivity index (χ1v) is 9.56. The molecule has 0 fully saturated rings. The molecule has 0 aromatic carbocycles. The zero-order chi connectivity index (χ0) is 18.2. The lowest BCUT2D eigenvalue weighted by Crippen LogP contribution is -2.31. The molecule has 0 saturated heterocycles. The van der Waals surface area contributed by atoms with E-state index in [1.807, 2.05) is 19.1 Å². The summed E-state index contributed by atoms with van der Waals surface area (Å²) < 4.78 is 10.7. The largest absolute Gasteiger partial charge is 0.465 e. The standard InChI is InChI=1S/C20H36O4/c1-5-8-11-14-18(20(22)24-16-13-10-7-3)17(4)19(21)23-15-12-9-6-2/h8,11,17-18H,5-7,9-10,12-16H2,1-4H3. The van der Waals surface area contributed by atoms with Crippen molar-refractivity contribution < 1.29 is 19.1 Å². The minimum atomic E-state index is -0.480. The maximum absolute atomic E-state index is 12.4. The van der Waals surface area contributed by atoms with E-state index in [0.717, 1.165) is 44.9 Å². The zero-order valence-corrected chi connectivity index (χ0v) is 16.0. The number of hydrogen-bond donors (Lipinski definition) is 0. The molecular weight excluding hydrogens is 304 g/mol. The van der Waals surface area contributed by atoms with Gasteiger partial charge in [-0.25, -0.2) is 0 Å². The summed E-state index contributed by atoms with van der Waals surface area (Å²) in [6.45, 7) is 8.88. The fourth-order valence-corrected chi connectivity index (χ4v) is 2.37. The molecule has 0 aliphatic rings. The van der Waals surface area contributed by atoms with Crippen molar-refractivity contribution >= 4 is 11.9 Å². The minimum absolute atomic E-state index is 0.287. The Labute approximate surface area is 148 Å². The van der Waals surface area contributed by atoms with Crippen LogP contribution in [0.1, 0.15) is 79.1 Å². The van der Waals surface area contributed by atoms with Gasteiger partial charge in [0.15, 0.2) is 0 Å². The van der Waals surface area contributed by atoms with Crippen molar-refractivity contribution in [2.24, 2.45) is 11.8 Å². The fraction of sp³-hybridized carbons (Fsp3) is 0.800. The van der Waals surface area contributed by atoms with Gasteiger partial charge in [-0.15, -0.1) is 0 Å². The highest BCUT2D eigenvalue weighted by Crippen LogP contribution is 2.21. The van der Waals surface area contributed by atoms with Gasteiger partial charge in [0.2, 0.25) is 0 Å². The molecule has 0 aliphatic carbocycles. The third kappa shape index (κ3) is 10.5. The summed E-state index contributed by atoms with van der Waals surface area (Å²) in [7, 11) is 0. The van der Waals surface area contributed by atoms with Crippen molar-refractivity contribution in [3.05, 3.63) is 12.2 Å². The second-order valence-corrected chi connectivity index (χ2v) is 6.26. The van der Waals surface area contributed by atoms with Crippen LogP contribution in [0.25, 0.3) is 0 Å². The molecule has 0 amide bonds. The molecule has 0 rings (SSSR count). The third-order valence-corrected chi connectivity index (χ3v) is 4.05. The van der Waals surface area contributed by atoms with Crippen LogP contribution in [0.15, 0.2) is 12.2 Å². The van der Waals surface area contributed by atoms with Crippen LogP contribution >= 0.6 is 0 Å². The van der Waals surface area contributed by atoms with Crippen LogP contribution in [0.2, 0.25) is 0 Å². The van der Waals surface area contributed by atoms with Gasteiger partial charge < -0.3 is 9.47 Å². The highest BCUT2D eigenvalue weighted by Gasteiger charge is 2.31. The van der Waals surface area contributed by atoms with Gasteiger partial charge in [-0.3, -0.25) is 9.59 Å². The molecular formula is C20H36O4. The molecule has 0 bridgehead atoms. The lowest BCUT2D eigenvalue weighted by Gasteiger charge is -2.20. The predicted molar refractivity (Wildman–Crippen MR) is 97.7 cm³/mol. The number of carbonyl (C=O) groups is 2. The molecule has 0 aliphatic heterocycles. The van der Waals surface area contributed by atoms with Gasteiger partial charge in [-0.05, 0) is 25.7 Å². The summed E-state index contributed by atoms with van der Waals surface area (Å²) in [4.78, 5) is 24.6. The Morgan fingerprint density at radius 3 is 1.88 bits per heavy atom. The average Bonchev–Trinajstić information content (AvgIpc) is 2.58. The Bertz CT molecular complexity index is 363. The van der Waals surface area contributed by atoms with Crippen LogP contribution in [0, 0.1) is 11.8 Å². The van der Waals surface area contributed by atoms with Crippen LogP contribution < -0.4 is 0 Å². The van der Waals surface area contributed by atoms with Crippen molar-refractivity contribution in [1.29, 1.82) is 0 Å². The quantitative estimate of drug-likeness (QED) is 0.252. The number of unbranched alkanes of at least 4 members (excludes halogenated alkanes) is 4. The highest BCUT2D eigenvalue weighted by molar-refractivity contribution is 5.82. The lowest BCUT2D eigenvalue weighted by atomic mass is 9.90. The van der Waals surface area contributed by atoms with Crippen LogP contribution in [0.5, 0.6) is 0 Å². The monoisotopic (exact) mass is 340 g/mol. The number of rotatable bonds is 14. The third-order valence-electron chi connectivity index (χ3n) is 4.05. The SMILES string of the molecule is CCC=CCC(C(=O)OCCCCC)C(C)C(=O)OCCCCC. The molecule has 140 valence electrons. The van der Waals surface area contributed by atoms with Crippen molar-refractivity contribution in [1.82, 2.24) is 0 Å². The van der Waals surface area contributed by atoms with E-state index in [-0.39, 0.29) is 11.9 Å². The molecule has 0 heterocycles. The van der Waals surface area contributed by atoms with Gasteiger partial charge in [0.1, 0.15) is 0 Å². The average molecular weight is 341 g/mol. The van der Waals surface area contributed by atoms with Crippen LogP contribution in [-0.2, 0) is 19.1 Å². The summed E-state index contributed by atoms with van der Waals surface area (Å²) in [5, 5.41) is 0. The van der Waals surface area contributed by atoms with E-state index < -0.39 is 11.8 Å². The van der Waals surface area contributed by atoms with Gasteiger partial charge in [0, 0.05) is 0 Å². The van der Waals surface area contributed by atoms with E-state index in [0.29, 0.717) is 19.6 Å². The normalized spacial score (nSPS) is 13.7. The Hall–Kier alpha value is -1.32. The van der Waals surface area contributed by atoms with E-state index >= 15 is 0 Å². The summed E-state index contributed by atoms with van der Waals surface area (Å²) in [6, 6.07) is 0. The first kappa shape index (κ1) is 22.7. The molecule has 0 aromatic rings. The van der Waals surface area contributed by atoms with Gasteiger partial charge >= 0.3 is 11.9 Å². The van der Waals surface area contributed by atoms with E-state index in [2.05, 4.69) is 13.8 Å². The summed E-state index contributed by atoms with van der Waals surface area (Å²) in [5.41, 5.74) is 0. The molecule has 0 N–H and O–H groups in total. The first-order chi connectivity index (χ1) is 11.6. The Morgan fingerprint density at radius 2 is 1.38 bits per heavy atom. The molecule has 0 radical (unpaired) electrons. The number of allylic oxidation sites excluding steroid dienone is 2. The van der Waals surface area contributed by atoms with E-state index in [9.17, 15) is 9.59 Å². The summed E-state index contributed by atoms with van der Waals surface area (Å²) in [5.74, 6) is -1.53. The van der Waals surface area contributed by atoms with E-state index in [1.165, 1.54) is 0 Å². The Balaban J connectivity index is 4.56. The molecule has 0 saturated carbocycles. The predicted octanol–water partition coefficient (Wildman–Crippen LogP) is 5.06. The lowest BCUT2D eigenvalue weighted by molar-refractivity contribution is -0.160. The first-order valence-electron chi connectivity index (χ1n) is 9.56. The molecule has 24 heavy (non-hydrogen) atoms. The number of ether oxygens (including phenoxy) is 2. The Morgan fingerprint density at radius 1 is 0.833 bits per heavy atom. The zero-order valence-electron chi connectivity index (χ0n) is 16.0. The Kier molecular flexibility index (Phi) is 14.4. The second kappa shape index (κ2) is 15.2. The van der Waals surface area contributed by atoms with Crippen LogP contribution in [-0.4, -0.2) is 25.2 Å². The van der Waals surface area contributed by atoms with Crippen LogP contribution in [0.4, 0.5) is 0 Å². The molecule has 4 heteroatoms. The van der Waals surface area contributed by atoms with E-state index in [1.54, 1.807) is 6.92 Å². The smallest absolute Gasteiger partial charge is 0.310 e. The number of carbonyl (C=O) groups excluding carboxylic acids is 2. The van der Waals surface area contributed by atoms with Gasteiger partial charge in [-0.1, -0.05) is 65.5 Å². The maximum Gasteiger partial charge on any atom is 0.310 e. The van der Waals surface area contributed by atoms with Crippen molar-refractivity contribution in [3.8, 4) is 0 Å². The van der Waals surface area contributed by atoms with Gasteiger partial charge in [0.25, 0.3) is 0 Å². The van der Waals surface area contributed by atoms with Crippen molar-refractivity contribution in [2.45, 2.75) is 79.1 Å². The van der Waals surface area contributed by atoms with Crippen LogP contribution in [0.3, 0.4) is 0 Å².